The Hall–Kier alpha value is -2.94. The van der Waals surface area contributed by atoms with Crippen LogP contribution in [0.4, 0.5) is 0 Å². The Morgan fingerprint density at radius 1 is 1.06 bits per heavy atom. The second-order valence-corrected chi connectivity index (χ2v) is 10.8. The van der Waals surface area contributed by atoms with Crippen molar-refractivity contribution in [1.82, 2.24) is 4.98 Å². The van der Waals surface area contributed by atoms with Crippen molar-refractivity contribution in [2.45, 2.75) is 60.3 Å². The third-order valence-corrected chi connectivity index (χ3v) is 6.80. The quantitative estimate of drug-likeness (QED) is 0.282. The van der Waals surface area contributed by atoms with Crippen LogP contribution in [-0.4, -0.2) is 4.98 Å². The molecule has 164 valence electrons. The van der Waals surface area contributed by atoms with Crippen LogP contribution in [0.15, 0.2) is 36.4 Å². The number of aryl methyl sites for hydroxylation is 2. The minimum atomic E-state index is -0.00271. The number of hydrogen-bond donors (Lipinski definition) is 0. The van der Waals surface area contributed by atoms with E-state index < -0.39 is 0 Å². The first-order valence-electron chi connectivity index (χ1n) is 11.6. The zero-order valence-corrected chi connectivity index (χ0v) is 20.6. The molecule has 4 aromatic rings. The zero-order valence-electron chi connectivity index (χ0n) is 20.6. The summed E-state index contributed by atoms with van der Waals surface area (Å²) in [6.07, 6.45) is 1.04. The van der Waals surface area contributed by atoms with Crippen molar-refractivity contribution in [3.63, 3.8) is 0 Å². The lowest BCUT2D eigenvalue weighted by molar-refractivity contribution is -0.634. The van der Waals surface area contributed by atoms with Gasteiger partial charge in [-0.1, -0.05) is 58.9 Å². The fourth-order valence-corrected chi connectivity index (χ4v) is 5.16. The molecule has 3 aromatic carbocycles. The molecule has 0 unspecified atom stereocenters. The fourth-order valence-electron chi connectivity index (χ4n) is 5.16. The molecule has 3 heteroatoms. The van der Waals surface area contributed by atoms with E-state index in [1.165, 1.54) is 38.6 Å². The van der Waals surface area contributed by atoms with Gasteiger partial charge in [-0.05, 0) is 65.3 Å². The number of nitrogens with zero attached hydrogens (tertiary/aromatic N) is 2. The Labute approximate surface area is 191 Å². The normalized spacial score (nSPS) is 13.0. The Morgan fingerprint density at radius 2 is 1.81 bits per heavy atom. The van der Waals surface area contributed by atoms with Gasteiger partial charge in [0.05, 0.1) is 5.56 Å². The first-order chi connectivity index (χ1) is 15.1. The van der Waals surface area contributed by atoms with Gasteiger partial charge in [-0.3, -0.25) is 0 Å². The standard InChI is InChI=1S/C29H33N2O/c1-16(2)12-19-14-20-13-17(3)18(4)24-25(20)23(15-19)32-28-27(24)31(8)22-11-9-10-21(26(22)30-28)29(5,6)7/h9-11,13-16H,12H2,1-8H3/q+1. The summed E-state index contributed by atoms with van der Waals surface area (Å²) in [4.78, 5) is 5.15. The van der Waals surface area contributed by atoms with Crippen LogP contribution in [-0.2, 0) is 18.9 Å². The fraction of sp³-hybridized carbons (Fsp3) is 0.379. The molecule has 0 atom stereocenters. The molecule has 0 saturated heterocycles. The molecule has 0 saturated carbocycles. The summed E-state index contributed by atoms with van der Waals surface area (Å²) >= 11 is 0. The average Bonchev–Trinajstić information content (AvgIpc) is 2.69. The van der Waals surface area contributed by atoms with E-state index >= 15 is 0 Å². The molecule has 1 aromatic heterocycles. The molecular weight excluding hydrogens is 392 g/mol. The Balaban J connectivity index is 1.90. The number of para-hydroxylation sites is 1. The van der Waals surface area contributed by atoms with Crippen LogP contribution in [0.25, 0.3) is 33.1 Å². The largest absolute Gasteiger partial charge is 0.433 e. The molecule has 0 radical (unpaired) electrons. The Bertz CT molecular complexity index is 1410. The molecule has 1 aliphatic rings. The minimum Gasteiger partial charge on any atom is -0.433 e. The molecule has 0 bridgehead atoms. The summed E-state index contributed by atoms with van der Waals surface area (Å²) in [5.41, 5.74) is 9.63. The molecule has 32 heavy (non-hydrogen) atoms. The first kappa shape index (κ1) is 20.9. The molecule has 0 N–H and O–H groups in total. The zero-order chi connectivity index (χ0) is 22.9. The smallest absolute Gasteiger partial charge is 0.294 e. The monoisotopic (exact) mass is 425 g/mol. The summed E-state index contributed by atoms with van der Waals surface area (Å²) < 4.78 is 8.87. The van der Waals surface area contributed by atoms with E-state index in [4.69, 9.17) is 9.72 Å². The van der Waals surface area contributed by atoms with Gasteiger partial charge >= 0.3 is 0 Å². The highest BCUT2D eigenvalue weighted by Gasteiger charge is 2.34. The van der Waals surface area contributed by atoms with Crippen LogP contribution in [0.1, 0.15) is 56.9 Å². The van der Waals surface area contributed by atoms with E-state index in [1.54, 1.807) is 0 Å². The van der Waals surface area contributed by atoms with Gasteiger partial charge in [0, 0.05) is 11.5 Å². The Kier molecular flexibility index (Phi) is 4.60. The van der Waals surface area contributed by atoms with Gasteiger partial charge in [0.2, 0.25) is 5.52 Å². The average molecular weight is 426 g/mol. The second-order valence-electron chi connectivity index (χ2n) is 10.8. The molecule has 0 fully saturated rings. The molecule has 0 spiro atoms. The number of rotatable bonds is 2. The van der Waals surface area contributed by atoms with Crippen molar-refractivity contribution < 1.29 is 9.30 Å². The van der Waals surface area contributed by atoms with E-state index in [-0.39, 0.29) is 5.41 Å². The van der Waals surface area contributed by atoms with Gasteiger partial charge in [-0.15, -0.1) is 0 Å². The van der Waals surface area contributed by atoms with Crippen molar-refractivity contribution in [2.24, 2.45) is 13.0 Å². The highest BCUT2D eigenvalue weighted by Crippen LogP contribution is 2.48. The number of hydrogen-bond acceptors (Lipinski definition) is 2. The van der Waals surface area contributed by atoms with Gasteiger partial charge in [0.25, 0.3) is 11.6 Å². The lowest BCUT2D eigenvalue weighted by Crippen LogP contribution is -2.35. The van der Waals surface area contributed by atoms with Crippen molar-refractivity contribution in [2.75, 3.05) is 0 Å². The van der Waals surface area contributed by atoms with E-state index in [1.807, 2.05) is 0 Å². The van der Waals surface area contributed by atoms with Crippen LogP contribution < -0.4 is 9.30 Å². The summed E-state index contributed by atoms with van der Waals surface area (Å²) in [5, 5.41) is 2.46. The van der Waals surface area contributed by atoms with E-state index in [9.17, 15) is 0 Å². The third-order valence-electron chi connectivity index (χ3n) is 6.80. The third kappa shape index (κ3) is 3.09. The van der Waals surface area contributed by atoms with Crippen LogP contribution >= 0.6 is 0 Å². The maximum atomic E-state index is 6.59. The highest BCUT2D eigenvalue weighted by atomic mass is 16.5. The number of ether oxygens (including phenoxy) is 1. The van der Waals surface area contributed by atoms with E-state index in [0.717, 1.165) is 28.9 Å². The predicted molar refractivity (Wildman–Crippen MR) is 133 cm³/mol. The van der Waals surface area contributed by atoms with Crippen LogP contribution in [0, 0.1) is 19.8 Å². The predicted octanol–water partition coefficient (Wildman–Crippen LogP) is 7.10. The van der Waals surface area contributed by atoms with Crippen LogP contribution in [0.5, 0.6) is 11.6 Å². The van der Waals surface area contributed by atoms with Crippen molar-refractivity contribution in [1.29, 1.82) is 0 Å². The number of benzene rings is 3. The number of fused-ring (bicyclic) bond motifs is 3. The van der Waals surface area contributed by atoms with E-state index in [2.05, 4.69) is 96.5 Å². The molecule has 2 heterocycles. The van der Waals surface area contributed by atoms with Crippen molar-refractivity contribution in [3.8, 4) is 22.9 Å². The van der Waals surface area contributed by atoms with Gasteiger partial charge in [0.1, 0.15) is 18.3 Å². The molecule has 5 rings (SSSR count). The summed E-state index contributed by atoms with van der Waals surface area (Å²) in [5.74, 6) is 2.24. The minimum absolute atomic E-state index is 0.00271. The molecule has 0 amide bonds. The molecular formula is C29H33N2O+. The van der Waals surface area contributed by atoms with E-state index in [0.29, 0.717) is 11.8 Å². The topological polar surface area (TPSA) is 26.0 Å². The highest BCUT2D eigenvalue weighted by molar-refractivity contribution is 6.05. The Morgan fingerprint density at radius 3 is 2.50 bits per heavy atom. The summed E-state index contributed by atoms with van der Waals surface area (Å²) in [7, 11) is 2.14. The van der Waals surface area contributed by atoms with Crippen molar-refractivity contribution in [3.05, 3.63) is 58.7 Å². The maximum absolute atomic E-state index is 6.59. The van der Waals surface area contributed by atoms with Gasteiger partial charge in [-0.25, -0.2) is 4.98 Å². The van der Waals surface area contributed by atoms with Crippen LogP contribution in [0.3, 0.4) is 0 Å². The second kappa shape index (κ2) is 7.03. The summed E-state index contributed by atoms with van der Waals surface area (Å²) in [6.45, 7) is 15.7. The lowest BCUT2D eigenvalue weighted by Gasteiger charge is -2.24. The van der Waals surface area contributed by atoms with Crippen LogP contribution in [0.2, 0.25) is 0 Å². The van der Waals surface area contributed by atoms with Crippen molar-refractivity contribution >= 4 is 21.8 Å². The van der Waals surface area contributed by atoms with Gasteiger partial charge in [0.15, 0.2) is 0 Å². The van der Waals surface area contributed by atoms with Gasteiger partial charge in [-0.2, -0.15) is 4.57 Å². The number of aromatic nitrogens is 2. The molecule has 0 aliphatic carbocycles. The summed E-state index contributed by atoms with van der Waals surface area (Å²) in [6, 6.07) is 13.4. The molecule has 3 nitrogen and oxygen atoms in total. The maximum Gasteiger partial charge on any atom is 0.294 e. The first-order valence-corrected chi connectivity index (χ1v) is 11.6. The van der Waals surface area contributed by atoms with Gasteiger partial charge < -0.3 is 4.74 Å². The molecule has 1 aliphatic heterocycles. The SMILES string of the molecule is Cc1cc2cc(CC(C)C)cc3c2c(c1C)-c1c(nc2c(C(C)(C)C)cccc2[n+]1C)O3. The lowest BCUT2D eigenvalue weighted by atomic mass is 9.85.